The summed E-state index contributed by atoms with van der Waals surface area (Å²) in [7, 11) is -0.824. The van der Waals surface area contributed by atoms with Crippen molar-refractivity contribution >= 4 is 33.3 Å². The molecule has 0 aliphatic heterocycles. The van der Waals surface area contributed by atoms with Crippen LogP contribution in [0.2, 0.25) is 0 Å². The van der Waals surface area contributed by atoms with Gasteiger partial charge < -0.3 is 4.74 Å². The molecule has 0 amide bonds. The first-order valence-electron chi connectivity index (χ1n) is 5.35. The number of rotatable bonds is 4. The molecule has 0 aliphatic carbocycles. The van der Waals surface area contributed by atoms with Crippen molar-refractivity contribution in [3.63, 3.8) is 0 Å². The molecule has 0 fully saturated rings. The number of hydrogen-bond acceptors (Lipinski definition) is 4. The predicted molar refractivity (Wildman–Crippen MR) is 75.8 cm³/mol. The fourth-order valence-electron chi connectivity index (χ4n) is 1.24. The largest absolute Gasteiger partial charge is 0.470 e. The van der Waals surface area contributed by atoms with Gasteiger partial charge in [0.1, 0.15) is 0 Å². The van der Waals surface area contributed by atoms with Gasteiger partial charge in [0, 0.05) is 14.1 Å². The molecule has 0 aromatic heterocycles. The van der Waals surface area contributed by atoms with E-state index < -0.39 is 10.2 Å². The summed E-state index contributed by atoms with van der Waals surface area (Å²) in [4.78, 5) is 0. The number of nitrogens with zero attached hydrogens (tertiary/aromatic N) is 2. The third kappa shape index (κ3) is 3.18. The number of para-hydroxylation sites is 1. The summed E-state index contributed by atoms with van der Waals surface area (Å²) in [6.07, 6.45) is 0. The molecule has 100 valence electrons. The zero-order valence-electron chi connectivity index (χ0n) is 10.5. The van der Waals surface area contributed by atoms with Crippen LogP contribution in [-0.4, -0.2) is 38.6 Å². The highest BCUT2D eigenvalue weighted by Gasteiger charge is 2.29. The molecular formula is C11H16N2O3S2. The highest BCUT2D eigenvalue weighted by molar-refractivity contribution is 7.93. The van der Waals surface area contributed by atoms with Crippen molar-refractivity contribution in [1.29, 1.82) is 0 Å². The number of hydrogen-bond donors (Lipinski definition) is 0. The van der Waals surface area contributed by atoms with Gasteiger partial charge in [-0.1, -0.05) is 18.2 Å². The van der Waals surface area contributed by atoms with Gasteiger partial charge in [0.15, 0.2) is 0 Å². The molecule has 1 aromatic carbocycles. The molecule has 0 radical (unpaired) electrons. The Bertz CT molecular complexity index is 500. The average molecular weight is 288 g/mol. The number of ether oxygens (including phenoxy) is 1. The van der Waals surface area contributed by atoms with E-state index in [1.807, 2.05) is 0 Å². The minimum Gasteiger partial charge on any atom is -0.470 e. The minimum atomic E-state index is -3.71. The molecule has 1 rings (SSSR count). The van der Waals surface area contributed by atoms with E-state index in [0.29, 0.717) is 12.3 Å². The van der Waals surface area contributed by atoms with Crippen molar-refractivity contribution in [2.45, 2.75) is 6.92 Å². The molecular weight excluding hydrogens is 272 g/mol. The Morgan fingerprint density at radius 2 is 1.83 bits per heavy atom. The van der Waals surface area contributed by atoms with Gasteiger partial charge in [0.25, 0.3) is 5.17 Å². The predicted octanol–water partition coefficient (Wildman–Crippen LogP) is 1.62. The van der Waals surface area contributed by atoms with Gasteiger partial charge in [-0.05, 0) is 31.3 Å². The summed E-state index contributed by atoms with van der Waals surface area (Å²) in [6, 6.07) is 8.59. The van der Waals surface area contributed by atoms with E-state index in [1.165, 1.54) is 14.1 Å². The smallest absolute Gasteiger partial charge is 0.311 e. The molecule has 1 aromatic rings. The third-order valence-corrected chi connectivity index (χ3v) is 4.29. The summed E-state index contributed by atoms with van der Waals surface area (Å²) in [5.74, 6) is 0. The van der Waals surface area contributed by atoms with Gasteiger partial charge in [0.2, 0.25) is 0 Å². The Morgan fingerprint density at radius 1 is 1.28 bits per heavy atom. The van der Waals surface area contributed by atoms with Crippen LogP contribution >= 0.6 is 12.2 Å². The van der Waals surface area contributed by atoms with Crippen molar-refractivity contribution in [2.24, 2.45) is 0 Å². The molecule has 0 saturated carbocycles. The summed E-state index contributed by atoms with van der Waals surface area (Å²) < 4.78 is 31.7. The van der Waals surface area contributed by atoms with E-state index in [-0.39, 0.29) is 5.17 Å². The van der Waals surface area contributed by atoms with E-state index in [4.69, 9.17) is 17.0 Å². The first-order chi connectivity index (χ1) is 8.41. The topological polar surface area (TPSA) is 49.9 Å². The summed E-state index contributed by atoms with van der Waals surface area (Å²) in [6.45, 7) is 2.06. The van der Waals surface area contributed by atoms with Crippen LogP contribution in [0.15, 0.2) is 30.3 Å². The van der Waals surface area contributed by atoms with Crippen LogP contribution in [0.4, 0.5) is 5.69 Å². The van der Waals surface area contributed by atoms with Crippen molar-refractivity contribution < 1.29 is 13.2 Å². The third-order valence-electron chi connectivity index (χ3n) is 2.12. The molecule has 0 spiro atoms. The van der Waals surface area contributed by atoms with E-state index in [2.05, 4.69) is 0 Å². The Morgan fingerprint density at radius 3 is 2.28 bits per heavy atom. The van der Waals surface area contributed by atoms with Gasteiger partial charge in [-0.15, -0.1) is 0 Å². The maximum Gasteiger partial charge on any atom is 0.311 e. The maximum atomic E-state index is 12.2. The molecule has 5 nitrogen and oxygen atoms in total. The molecule has 0 N–H and O–H groups in total. The van der Waals surface area contributed by atoms with E-state index in [9.17, 15) is 8.42 Å². The number of benzene rings is 1. The monoisotopic (exact) mass is 288 g/mol. The highest BCUT2D eigenvalue weighted by Crippen LogP contribution is 2.20. The fraction of sp³-hybridized carbons (Fsp3) is 0.364. The lowest BCUT2D eigenvalue weighted by Crippen LogP contribution is -2.44. The minimum absolute atomic E-state index is 0.0857. The normalized spacial score (nSPS) is 11.3. The Labute approximate surface area is 113 Å². The van der Waals surface area contributed by atoms with Crippen LogP contribution in [0.3, 0.4) is 0 Å². The maximum absolute atomic E-state index is 12.2. The second kappa shape index (κ2) is 6.12. The van der Waals surface area contributed by atoms with E-state index in [0.717, 1.165) is 8.61 Å². The molecule has 18 heavy (non-hydrogen) atoms. The zero-order chi connectivity index (χ0) is 13.8. The summed E-state index contributed by atoms with van der Waals surface area (Å²) >= 11 is 5.02. The highest BCUT2D eigenvalue weighted by atomic mass is 32.2. The number of thiocarbonyl (C=S) groups is 1. The van der Waals surface area contributed by atoms with Gasteiger partial charge in [-0.3, -0.25) is 0 Å². The lowest BCUT2D eigenvalue weighted by Gasteiger charge is -2.26. The van der Waals surface area contributed by atoms with Gasteiger partial charge in [0.05, 0.1) is 12.3 Å². The van der Waals surface area contributed by atoms with Crippen LogP contribution in [0.5, 0.6) is 0 Å². The lowest BCUT2D eigenvalue weighted by molar-refractivity contribution is 0.331. The SMILES string of the molecule is CCOC(=S)N(c1ccccc1)S(=O)(=O)N(C)C. The van der Waals surface area contributed by atoms with Crippen LogP contribution in [0.1, 0.15) is 6.92 Å². The summed E-state index contributed by atoms with van der Waals surface area (Å²) in [5.41, 5.74) is 0.449. The fourth-order valence-corrected chi connectivity index (χ4v) is 2.70. The Kier molecular flexibility index (Phi) is 5.06. The van der Waals surface area contributed by atoms with Gasteiger partial charge in [-0.2, -0.15) is 17.0 Å². The average Bonchev–Trinajstić information content (AvgIpc) is 2.30. The van der Waals surface area contributed by atoms with Crippen LogP contribution in [-0.2, 0) is 14.9 Å². The second-order valence-electron chi connectivity index (χ2n) is 3.59. The van der Waals surface area contributed by atoms with Crippen molar-refractivity contribution in [3.8, 4) is 0 Å². The number of anilines is 1. The van der Waals surface area contributed by atoms with E-state index in [1.54, 1.807) is 37.3 Å². The van der Waals surface area contributed by atoms with E-state index >= 15 is 0 Å². The lowest BCUT2D eigenvalue weighted by atomic mass is 10.3. The molecule has 0 bridgehead atoms. The van der Waals surface area contributed by atoms with Crippen LogP contribution in [0, 0.1) is 0 Å². The first kappa shape index (κ1) is 14.9. The first-order valence-corrected chi connectivity index (χ1v) is 7.16. The molecule has 0 atom stereocenters. The van der Waals surface area contributed by atoms with Crippen molar-refractivity contribution in [1.82, 2.24) is 4.31 Å². The Hall–Kier alpha value is -1.18. The molecule has 0 aliphatic rings. The molecule has 0 unspecified atom stereocenters. The summed E-state index contributed by atoms with van der Waals surface area (Å²) in [5, 5.41) is -0.0857. The molecule has 0 saturated heterocycles. The second-order valence-corrected chi connectivity index (χ2v) is 5.93. The van der Waals surface area contributed by atoms with Crippen molar-refractivity contribution in [3.05, 3.63) is 30.3 Å². The molecule has 0 heterocycles. The van der Waals surface area contributed by atoms with Crippen molar-refractivity contribution in [2.75, 3.05) is 25.0 Å². The quantitative estimate of drug-likeness (QED) is 0.790. The standard InChI is InChI=1S/C11H16N2O3S2/c1-4-16-11(17)13(18(14,15)12(2)3)10-8-6-5-7-9-10/h5-9H,4H2,1-3H3. The van der Waals surface area contributed by atoms with Gasteiger partial charge >= 0.3 is 10.2 Å². The van der Waals surface area contributed by atoms with Crippen LogP contribution < -0.4 is 4.31 Å². The Balaban J connectivity index is 3.24. The van der Waals surface area contributed by atoms with Crippen LogP contribution in [0.25, 0.3) is 0 Å². The van der Waals surface area contributed by atoms with Gasteiger partial charge in [-0.25, -0.2) is 0 Å². The molecule has 7 heteroatoms. The zero-order valence-corrected chi connectivity index (χ0v) is 12.2.